The molecule has 8 heteroatoms. The zero-order chi connectivity index (χ0) is 21.5. The Kier molecular flexibility index (Phi) is 7.00. The van der Waals surface area contributed by atoms with Gasteiger partial charge in [0.15, 0.2) is 0 Å². The van der Waals surface area contributed by atoms with Gasteiger partial charge in [-0.3, -0.25) is 19.7 Å². The number of nitro benzene ring substituents is 1. The molecule has 158 valence electrons. The molecule has 1 aliphatic rings. The lowest BCUT2D eigenvalue weighted by molar-refractivity contribution is -0.384. The lowest BCUT2D eigenvalue weighted by Gasteiger charge is -2.32. The van der Waals surface area contributed by atoms with Gasteiger partial charge >= 0.3 is 0 Å². The SMILES string of the molecule is CC1CCCN(c2ccc(C(=O)NCCNC(=O)c3ccccc3)cc2[N+](=O)[O-])C1. The number of piperidine rings is 1. The van der Waals surface area contributed by atoms with Gasteiger partial charge in [-0.2, -0.15) is 0 Å². The zero-order valence-electron chi connectivity index (χ0n) is 17.0. The normalized spacial score (nSPS) is 16.0. The van der Waals surface area contributed by atoms with Gasteiger partial charge in [-0.25, -0.2) is 0 Å². The van der Waals surface area contributed by atoms with Crippen molar-refractivity contribution < 1.29 is 14.5 Å². The second-order valence-corrected chi connectivity index (χ2v) is 7.53. The van der Waals surface area contributed by atoms with Crippen LogP contribution >= 0.6 is 0 Å². The van der Waals surface area contributed by atoms with Gasteiger partial charge in [0.1, 0.15) is 5.69 Å². The van der Waals surface area contributed by atoms with Crippen molar-refractivity contribution in [3.8, 4) is 0 Å². The molecular weight excluding hydrogens is 384 g/mol. The summed E-state index contributed by atoms with van der Waals surface area (Å²) in [5, 5.41) is 17.0. The molecule has 30 heavy (non-hydrogen) atoms. The van der Waals surface area contributed by atoms with Crippen LogP contribution in [0.15, 0.2) is 48.5 Å². The number of nitrogens with one attached hydrogen (secondary N) is 2. The Bertz CT molecular complexity index is 917. The number of rotatable bonds is 7. The van der Waals surface area contributed by atoms with E-state index in [1.165, 1.54) is 6.07 Å². The van der Waals surface area contributed by atoms with Gasteiger partial charge in [0.05, 0.1) is 4.92 Å². The Labute approximate surface area is 175 Å². The monoisotopic (exact) mass is 410 g/mol. The van der Waals surface area contributed by atoms with Crippen LogP contribution in [0.2, 0.25) is 0 Å². The number of anilines is 1. The van der Waals surface area contributed by atoms with Gasteiger partial charge in [-0.05, 0) is 43.0 Å². The molecule has 2 aromatic rings. The fraction of sp³-hybridized carbons (Fsp3) is 0.364. The molecule has 0 saturated carbocycles. The Balaban J connectivity index is 1.58. The van der Waals surface area contributed by atoms with Gasteiger partial charge in [0.2, 0.25) is 0 Å². The average Bonchev–Trinajstić information content (AvgIpc) is 2.76. The minimum Gasteiger partial charge on any atom is -0.366 e. The first-order valence-corrected chi connectivity index (χ1v) is 10.1. The second-order valence-electron chi connectivity index (χ2n) is 7.53. The molecule has 1 atom stereocenters. The van der Waals surface area contributed by atoms with Crippen LogP contribution in [-0.4, -0.2) is 42.9 Å². The topological polar surface area (TPSA) is 105 Å². The highest BCUT2D eigenvalue weighted by molar-refractivity contribution is 5.96. The van der Waals surface area contributed by atoms with E-state index in [1.807, 2.05) is 11.0 Å². The maximum absolute atomic E-state index is 12.4. The van der Waals surface area contributed by atoms with Gasteiger partial charge in [0, 0.05) is 43.4 Å². The average molecular weight is 410 g/mol. The Hall–Kier alpha value is -3.42. The summed E-state index contributed by atoms with van der Waals surface area (Å²) in [6, 6.07) is 13.4. The molecule has 0 aliphatic carbocycles. The summed E-state index contributed by atoms with van der Waals surface area (Å²) in [5.41, 5.74) is 1.26. The molecule has 1 saturated heterocycles. The predicted molar refractivity (Wildman–Crippen MR) is 115 cm³/mol. The summed E-state index contributed by atoms with van der Waals surface area (Å²) in [4.78, 5) is 37.6. The summed E-state index contributed by atoms with van der Waals surface area (Å²) in [5.74, 6) is -0.154. The number of nitrogens with zero attached hydrogens (tertiary/aromatic N) is 2. The first-order chi connectivity index (χ1) is 14.5. The van der Waals surface area contributed by atoms with Crippen LogP contribution in [0.5, 0.6) is 0 Å². The number of carbonyl (C=O) groups excluding carboxylic acids is 2. The van der Waals surface area contributed by atoms with Crippen molar-refractivity contribution in [2.45, 2.75) is 19.8 Å². The molecule has 8 nitrogen and oxygen atoms in total. The molecule has 1 fully saturated rings. The van der Waals surface area contributed by atoms with Crippen molar-refractivity contribution in [1.82, 2.24) is 10.6 Å². The molecule has 2 N–H and O–H groups in total. The quantitative estimate of drug-likeness (QED) is 0.415. The number of benzene rings is 2. The van der Waals surface area contributed by atoms with E-state index >= 15 is 0 Å². The molecule has 1 unspecified atom stereocenters. The number of amides is 2. The van der Waals surface area contributed by atoms with Crippen LogP contribution in [0, 0.1) is 16.0 Å². The van der Waals surface area contributed by atoms with E-state index < -0.39 is 10.8 Å². The minimum absolute atomic E-state index is 0.0610. The van der Waals surface area contributed by atoms with E-state index in [-0.39, 0.29) is 30.2 Å². The summed E-state index contributed by atoms with van der Waals surface area (Å²) in [7, 11) is 0. The second kappa shape index (κ2) is 9.87. The summed E-state index contributed by atoms with van der Waals surface area (Å²) in [6.07, 6.45) is 2.11. The molecule has 0 aromatic heterocycles. The third-order valence-corrected chi connectivity index (χ3v) is 5.16. The third-order valence-electron chi connectivity index (χ3n) is 5.16. The van der Waals surface area contributed by atoms with Crippen molar-refractivity contribution >= 4 is 23.2 Å². The molecule has 3 rings (SSSR count). The zero-order valence-corrected chi connectivity index (χ0v) is 17.0. The number of hydrogen-bond acceptors (Lipinski definition) is 5. The standard InChI is InChI=1S/C22H26N4O4/c1-16-6-5-13-25(15-16)19-10-9-18(14-20(19)26(29)30)22(28)24-12-11-23-21(27)17-7-3-2-4-8-17/h2-4,7-10,14,16H,5-6,11-13,15H2,1H3,(H,23,27)(H,24,28). The highest BCUT2D eigenvalue weighted by atomic mass is 16.6. The number of hydrogen-bond donors (Lipinski definition) is 2. The molecule has 2 aromatic carbocycles. The Morgan fingerprint density at radius 2 is 1.73 bits per heavy atom. The van der Waals surface area contributed by atoms with E-state index in [4.69, 9.17) is 0 Å². The molecule has 0 spiro atoms. The number of nitro groups is 1. The van der Waals surface area contributed by atoms with E-state index in [9.17, 15) is 19.7 Å². The molecule has 2 amide bonds. The molecular formula is C22H26N4O4. The lowest BCUT2D eigenvalue weighted by atomic mass is 9.99. The summed E-state index contributed by atoms with van der Waals surface area (Å²) >= 11 is 0. The smallest absolute Gasteiger partial charge is 0.293 e. The van der Waals surface area contributed by atoms with Crippen LogP contribution in [0.3, 0.4) is 0 Å². The van der Waals surface area contributed by atoms with E-state index in [0.29, 0.717) is 17.2 Å². The van der Waals surface area contributed by atoms with Gasteiger partial charge < -0.3 is 15.5 Å². The Morgan fingerprint density at radius 3 is 2.37 bits per heavy atom. The minimum atomic E-state index is -0.439. The van der Waals surface area contributed by atoms with Crippen molar-refractivity contribution in [2.75, 3.05) is 31.1 Å². The molecule has 0 bridgehead atoms. The maximum atomic E-state index is 12.4. The Morgan fingerprint density at radius 1 is 1.07 bits per heavy atom. The fourth-order valence-corrected chi connectivity index (χ4v) is 3.63. The predicted octanol–water partition coefficient (Wildman–Crippen LogP) is 2.99. The summed E-state index contributed by atoms with van der Waals surface area (Å²) in [6.45, 7) is 4.16. The molecule has 0 radical (unpaired) electrons. The van der Waals surface area contributed by atoms with Crippen LogP contribution < -0.4 is 15.5 Å². The maximum Gasteiger partial charge on any atom is 0.293 e. The number of carbonyl (C=O) groups is 2. The van der Waals surface area contributed by atoms with Crippen molar-refractivity contribution in [3.63, 3.8) is 0 Å². The lowest BCUT2D eigenvalue weighted by Crippen LogP contribution is -2.35. The summed E-state index contributed by atoms with van der Waals surface area (Å²) < 4.78 is 0. The van der Waals surface area contributed by atoms with E-state index in [1.54, 1.807) is 36.4 Å². The van der Waals surface area contributed by atoms with Crippen LogP contribution in [0.25, 0.3) is 0 Å². The van der Waals surface area contributed by atoms with E-state index in [2.05, 4.69) is 17.6 Å². The van der Waals surface area contributed by atoms with Crippen LogP contribution in [0.1, 0.15) is 40.5 Å². The first-order valence-electron chi connectivity index (χ1n) is 10.1. The fourth-order valence-electron chi connectivity index (χ4n) is 3.63. The highest BCUT2D eigenvalue weighted by Crippen LogP contribution is 2.32. The van der Waals surface area contributed by atoms with Gasteiger partial charge in [-0.15, -0.1) is 0 Å². The highest BCUT2D eigenvalue weighted by Gasteiger charge is 2.25. The first kappa shape index (κ1) is 21.3. The van der Waals surface area contributed by atoms with Crippen molar-refractivity contribution in [2.24, 2.45) is 5.92 Å². The third kappa shape index (κ3) is 5.34. The van der Waals surface area contributed by atoms with Gasteiger partial charge in [-0.1, -0.05) is 25.1 Å². The van der Waals surface area contributed by atoms with E-state index in [0.717, 1.165) is 25.9 Å². The van der Waals surface area contributed by atoms with Crippen molar-refractivity contribution in [1.29, 1.82) is 0 Å². The van der Waals surface area contributed by atoms with Crippen molar-refractivity contribution in [3.05, 3.63) is 69.8 Å². The van der Waals surface area contributed by atoms with Crippen LogP contribution in [0.4, 0.5) is 11.4 Å². The largest absolute Gasteiger partial charge is 0.366 e. The molecule has 1 heterocycles. The van der Waals surface area contributed by atoms with Crippen LogP contribution in [-0.2, 0) is 0 Å². The molecule has 1 aliphatic heterocycles. The van der Waals surface area contributed by atoms with Gasteiger partial charge in [0.25, 0.3) is 17.5 Å².